The van der Waals surface area contributed by atoms with E-state index >= 15 is 0 Å². The number of amides is 3. The summed E-state index contributed by atoms with van der Waals surface area (Å²) >= 11 is 0. The van der Waals surface area contributed by atoms with Crippen molar-refractivity contribution in [3.05, 3.63) is 29.8 Å². The minimum atomic E-state index is -0.167. The van der Waals surface area contributed by atoms with Crippen LogP contribution in [0.25, 0.3) is 0 Å². The fraction of sp³-hybridized carbons (Fsp3) is 0.412. The standard InChI is InChI=1S/C17H21N3O4/c1-13(22)18-7-3-6-16(23)19-8-9-20(17(24)11-19)15-5-2-4-14(10-15)12-21/h2,4-5,10,12H,3,6-9,11H2,1H3,(H,18,22). The first-order chi connectivity index (χ1) is 11.5. The molecule has 1 N–H and O–H groups in total. The molecule has 1 aromatic rings. The number of hydrogen-bond donors (Lipinski definition) is 1. The van der Waals surface area contributed by atoms with Gasteiger partial charge >= 0.3 is 0 Å². The van der Waals surface area contributed by atoms with Crippen LogP contribution in [0.1, 0.15) is 30.1 Å². The van der Waals surface area contributed by atoms with E-state index in [2.05, 4.69) is 5.32 Å². The molecule has 0 aromatic heterocycles. The number of anilines is 1. The molecule has 7 heteroatoms. The molecule has 0 saturated carbocycles. The maximum Gasteiger partial charge on any atom is 0.246 e. The van der Waals surface area contributed by atoms with Gasteiger partial charge in [0.1, 0.15) is 12.8 Å². The third-order valence-electron chi connectivity index (χ3n) is 3.83. The topological polar surface area (TPSA) is 86.8 Å². The fourth-order valence-electron chi connectivity index (χ4n) is 2.59. The van der Waals surface area contributed by atoms with Crippen LogP contribution in [0, 0.1) is 0 Å². The number of hydrogen-bond acceptors (Lipinski definition) is 4. The largest absolute Gasteiger partial charge is 0.356 e. The third kappa shape index (κ3) is 4.65. The van der Waals surface area contributed by atoms with E-state index in [9.17, 15) is 19.2 Å². The van der Waals surface area contributed by atoms with Gasteiger partial charge in [0.2, 0.25) is 17.7 Å². The minimum absolute atomic E-state index is 0.0320. The summed E-state index contributed by atoms with van der Waals surface area (Å²) < 4.78 is 0. The van der Waals surface area contributed by atoms with Crippen molar-refractivity contribution in [3.63, 3.8) is 0 Å². The molecule has 0 unspecified atom stereocenters. The fourth-order valence-corrected chi connectivity index (χ4v) is 2.59. The summed E-state index contributed by atoms with van der Waals surface area (Å²) in [5.41, 5.74) is 1.18. The van der Waals surface area contributed by atoms with Gasteiger partial charge in [0, 0.05) is 44.2 Å². The van der Waals surface area contributed by atoms with Gasteiger partial charge in [-0.3, -0.25) is 19.2 Å². The maximum absolute atomic E-state index is 12.3. The first kappa shape index (κ1) is 17.7. The number of carbonyl (C=O) groups excluding carboxylic acids is 4. The van der Waals surface area contributed by atoms with Crippen LogP contribution in [0.5, 0.6) is 0 Å². The molecule has 0 bridgehead atoms. The van der Waals surface area contributed by atoms with E-state index in [0.717, 1.165) is 6.29 Å². The Balaban J connectivity index is 1.88. The van der Waals surface area contributed by atoms with Crippen molar-refractivity contribution in [1.82, 2.24) is 10.2 Å². The molecule has 2 rings (SSSR count). The Morgan fingerprint density at radius 1 is 1.29 bits per heavy atom. The lowest BCUT2D eigenvalue weighted by Gasteiger charge is -2.34. The van der Waals surface area contributed by atoms with E-state index in [1.807, 2.05) is 0 Å². The summed E-state index contributed by atoms with van der Waals surface area (Å²) in [5, 5.41) is 2.64. The molecule has 7 nitrogen and oxygen atoms in total. The molecule has 0 spiro atoms. The van der Waals surface area contributed by atoms with Gasteiger partial charge in [-0.05, 0) is 18.6 Å². The summed E-state index contributed by atoms with van der Waals surface area (Å²) in [6, 6.07) is 6.84. The van der Waals surface area contributed by atoms with Crippen LogP contribution in [0.15, 0.2) is 24.3 Å². The molecule has 1 aliphatic heterocycles. The van der Waals surface area contributed by atoms with E-state index in [1.54, 1.807) is 29.2 Å². The van der Waals surface area contributed by atoms with Crippen molar-refractivity contribution in [2.24, 2.45) is 0 Å². The Labute approximate surface area is 140 Å². The highest BCUT2D eigenvalue weighted by molar-refractivity contribution is 5.98. The molecule has 1 aliphatic rings. The van der Waals surface area contributed by atoms with E-state index in [1.165, 1.54) is 11.8 Å². The first-order valence-corrected chi connectivity index (χ1v) is 7.89. The van der Waals surface area contributed by atoms with Gasteiger partial charge in [-0.1, -0.05) is 12.1 Å². The Morgan fingerprint density at radius 2 is 2.08 bits per heavy atom. The van der Waals surface area contributed by atoms with Crippen LogP contribution in [0.3, 0.4) is 0 Å². The lowest BCUT2D eigenvalue weighted by Crippen LogP contribution is -2.52. The molecule has 0 radical (unpaired) electrons. The summed E-state index contributed by atoms with van der Waals surface area (Å²) in [4.78, 5) is 49.2. The van der Waals surface area contributed by atoms with Gasteiger partial charge in [-0.15, -0.1) is 0 Å². The number of benzene rings is 1. The summed E-state index contributed by atoms with van der Waals surface area (Å²) in [6.07, 6.45) is 1.59. The van der Waals surface area contributed by atoms with E-state index in [0.29, 0.717) is 43.7 Å². The predicted octanol–water partition coefficient (Wildman–Crippen LogP) is 0.591. The highest BCUT2D eigenvalue weighted by atomic mass is 16.2. The van der Waals surface area contributed by atoms with Gasteiger partial charge in [-0.2, -0.15) is 0 Å². The number of nitrogens with one attached hydrogen (secondary N) is 1. The normalized spacial score (nSPS) is 14.5. The van der Waals surface area contributed by atoms with Crippen LogP contribution in [-0.2, 0) is 14.4 Å². The molecule has 0 atom stereocenters. The second kappa shape index (κ2) is 8.24. The van der Waals surface area contributed by atoms with Gasteiger partial charge in [-0.25, -0.2) is 0 Å². The van der Waals surface area contributed by atoms with Crippen LogP contribution < -0.4 is 10.2 Å². The molecule has 1 saturated heterocycles. The zero-order valence-corrected chi connectivity index (χ0v) is 13.7. The van der Waals surface area contributed by atoms with Crippen molar-refractivity contribution in [1.29, 1.82) is 0 Å². The maximum atomic E-state index is 12.3. The number of carbonyl (C=O) groups is 4. The quantitative estimate of drug-likeness (QED) is 0.610. The number of aldehydes is 1. The van der Waals surface area contributed by atoms with Gasteiger partial charge in [0.25, 0.3) is 0 Å². The first-order valence-electron chi connectivity index (χ1n) is 7.89. The minimum Gasteiger partial charge on any atom is -0.356 e. The zero-order valence-electron chi connectivity index (χ0n) is 13.7. The summed E-state index contributed by atoms with van der Waals surface area (Å²) in [7, 11) is 0. The van der Waals surface area contributed by atoms with Crippen LogP contribution in [-0.4, -0.2) is 55.1 Å². The predicted molar refractivity (Wildman–Crippen MR) is 88.7 cm³/mol. The lowest BCUT2D eigenvalue weighted by atomic mass is 10.1. The molecule has 128 valence electrons. The highest BCUT2D eigenvalue weighted by Gasteiger charge is 2.27. The Bertz CT molecular complexity index is 644. The van der Waals surface area contributed by atoms with E-state index in [-0.39, 0.29) is 24.3 Å². The second-order valence-electron chi connectivity index (χ2n) is 5.66. The Kier molecular flexibility index (Phi) is 6.06. The van der Waals surface area contributed by atoms with Crippen molar-refractivity contribution < 1.29 is 19.2 Å². The van der Waals surface area contributed by atoms with Crippen molar-refractivity contribution in [2.75, 3.05) is 31.1 Å². The summed E-state index contributed by atoms with van der Waals surface area (Å²) in [6.45, 7) is 2.77. The number of piperazine rings is 1. The van der Waals surface area contributed by atoms with E-state index in [4.69, 9.17) is 0 Å². The van der Waals surface area contributed by atoms with E-state index < -0.39 is 0 Å². The average Bonchev–Trinajstić information content (AvgIpc) is 2.58. The summed E-state index contributed by atoms with van der Waals surface area (Å²) in [5.74, 6) is -0.377. The molecule has 1 aromatic carbocycles. The molecular formula is C17H21N3O4. The zero-order chi connectivity index (χ0) is 17.5. The average molecular weight is 331 g/mol. The monoisotopic (exact) mass is 331 g/mol. The van der Waals surface area contributed by atoms with Gasteiger partial charge in [0.05, 0.1) is 0 Å². The van der Waals surface area contributed by atoms with Crippen LogP contribution in [0.2, 0.25) is 0 Å². The van der Waals surface area contributed by atoms with Crippen molar-refractivity contribution in [2.45, 2.75) is 19.8 Å². The highest BCUT2D eigenvalue weighted by Crippen LogP contribution is 2.18. The number of nitrogens with zero attached hydrogens (tertiary/aromatic N) is 2. The third-order valence-corrected chi connectivity index (χ3v) is 3.83. The molecule has 1 fully saturated rings. The smallest absolute Gasteiger partial charge is 0.246 e. The number of rotatable bonds is 6. The van der Waals surface area contributed by atoms with Crippen LogP contribution in [0.4, 0.5) is 5.69 Å². The molecule has 24 heavy (non-hydrogen) atoms. The second-order valence-corrected chi connectivity index (χ2v) is 5.66. The Hall–Kier alpha value is -2.70. The SMILES string of the molecule is CC(=O)NCCCC(=O)N1CCN(c2cccc(C=O)c2)C(=O)C1. The molecular weight excluding hydrogens is 310 g/mol. The molecule has 0 aliphatic carbocycles. The Morgan fingerprint density at radius 3 is 2.75 bits per heavy atom. The van der Waals surface area contributed by atoms with Gasteiger partial charge in [0.15, 0.2) is 0 Å². The molecule has 3 amide bonds. The van der Waals surface area contributed by atoms with Gasteiger partial charge < -0.3 is 15.1 Å². The lowest BCUT2D eigenvalue weighted by molar-refractivity contribution is -0.137. The van der Waals surface area contributed by atoms with Crippen LogP contribution >= 0.6 is 0 Å². The van der Waals surface area contributed by atoms with Crippen molar-refractivity contribution in [3.8, 4) is 0 Å². The molecule has 1 heterocycles. The van der Waals surface area contributed by atoms with Crippen molar-refractivity contribution >= 4 is 29.7 Å².